The van der Waals surface area contributed by atoms with Crippen LogP contribution in [0.2, 0.25) is 10.0 Å². The van der Waals surface area contributed by atoms with Gasteiger partial charge >= 0.3 is 0 Å². The molecular formula is C29H26Cl2N4O4S. The molecule has 0 atom stereocenters. The van der Waals surface area contributed by atoms with Gasteiger partial charge in [-0.15, -0.1) is 0 Å². The number of hydrogen-bond acceptors (Lipinski definition) is 6. The maximum atomic E-state index is 13.2. The summed E-state index contributed by atoms with van der Waals surface area (Å²) in [7, 11) is -4.04. The number of carbonyl (C=O) groups excluding carboxylic acids is 1. The Morgan fingerprint density at radius 3 is 2.50 bits per heavy atom. The van der Waals surface area contributed by atoms with Gasteiger partial charge in [0.25, 0.3) is 15.9 Å². The molecule has 1 aromatic heterocycles. The number of nitrogens with zero attached hydrogens (tertiary/aromatic N) is 2. The zero-order valence-electron chi connectivity index (χ0n) is 21.6. The number of amides is 1. The number of benzene rings is 3. The van der Waals surface area contributed by atoms with Crippen LogP contribution in [0.25, 0.3) is 0 Å². The van der Waals surface area contributed by atoms with E-state index in [1.54, 1.807) is 24.3 Å². The van der Waals surface area contributed by atoms with Crippen LogP contribution < -0.4 is 14.8 Å². The van der Waals surface area contributed by atoms with Gasteiger partial charge in [-0.1, -0.05) is 35.3 Å². The molecule has 0 fully saturated rings. The van der Waals surface area contributed by atoms with Crippen molar-refractivity contribution in [1.82, 2.24) is 15.3 Å². The molecule has 0 saturated heterocycles. The lowest BCUT2D eigenvalue weighted by Crippen LogP contribution is -2.26. The number of anilines is 1. The summed E-state index contributed by atoms with van der Waals surface area (Å²) in [6.07, 6.45) is 4.07. The number of fused-ring (bicyclic) bond motifs is 1. The Bertz CT molecular complexity index is 1680. The summed E-state index contributed by atoms with van der Waals surface area (Å²) in [5.41, 5.74) is 3.30. The van der Waals surface area contributed by atoms with Gasteiger partial charge in [-0.2, -0.15) is 0 Å². The van der Waals surface area contributed by atoms with Crippen molar-refractivity contribution >= 4 is 44.8 Å². The third-order valence-electron chi connectivity index (χ3n) is 6.51. The van der Waals surface area contributed by atoms with Gasteiger partial charge in [0.15, 0.2) is 0 Å². The summed E-state index contributed by atoms with van der Waals surface area (Å²) in [6.45, 7) is 2.05. The summed E-state index contributed by atoms with van der Waals surface area (Å²) in [6, 6.07) is 17.2. The summed E-state index contributed by atoms with van der Waals surface area (Å²) in [4.78, 5) is 22.3. The zero-order chi connectivity index (χ0) is 28.3. The summed E-state index contributed by atoms with van der Waals surface area (Å²) >= 11 is 12.3. The van der Waals surface area contributed by atoms with E-state index >= 15 is 0 Å². The van der Waals surface area contributed by atoms with Gasteiger partial charge in [0.1, 0.15) is 17.3 Å². The monoisotopic (exact) mass is 596 g/mol. The predicted molar refractivity (Wildman–Crippen MR) is 155 cm³/mol. The van der Waals surface area contributed by atoms with E-state index in [9.17, 15) is 13.2 Å². The Balaban J connectivity index is 1.31. The van der Waals surface area contributed by atoms with Crippen molar-refractivity contribution < 1.29 is 17.9 Å². The van der Waals surface area contributed by atoms with Gasteiger partial charge < -0.3 is 10.1 Å². The molecule has 1 aliphatic rings. The highest BCUT2D eigenvalue weighted by molar-refractivity contribution is 7.92. The molecule has 0 unspecified atom stereocenters. The third kappa shape index (κ3) is 6.38. The molecule has 5 rings (SSSR count). The lowest BCUT2D eigenvalue weighted by molar-refractivity contribution is 0.0950. The van der Waals surface area contributed by atoms with Crippen LogP contribution in [0.5, 0.6) is 11.5 Å². The number of hydrogen-bond donors (Lipinski definition) is 2. The van der Waals surface area contributed by atoms with Gasteiger partial charge in [0.05, 0.1) is 27.7 Å². The molecule has 0 aliphatic heterocycles. The number of aryl methyl sites for hydroxylation is 2. The standard InChI is InChI=1S/C29H26Cl2N4O4S/c1-18-22-6-2-4-8-25(22)34-28(33-18)17-32-29(36)23-16-19(30)10-15-26(23)35-40(37,38)21-13-11-20(12-14-21)39-27-9-5-3-7-24(27)31/h3,5,7,9-16,35H,2,4,6,8,17H2,1H3,(H,32,36). The van der Waals surface area contributed by atoms with Crippen molar-refractivity contribution in [2.75, 3.05) is 4.72 Å². The van der Waals surface area contributed by atoms with Crippen molar-refractivity contribution in [2.45, 2.75) is 44.0 Å². The van der Waals surface area contributed by atoms with Crippen molar-refractivity contribution in [3.05, 3.63) is 105 Å². The molecule has 0 spiro atoms. The number of para-hydroxylation sites is 1. The molecule has 0 saturated carbocycles. The summed E-state index contributed by atoms with van der Waals surface area (Å²) in [5, 5.41) is 3.51. The fraction of sp³-hybridized carbons (Fsp3) is 0.207. The van der Waals surface area contributed by atoms with Gasteiger partial charge in [-0.3, -0.25) is 9.52 Å². The van der Waals surface area contributed by atoms with Crippen LogP contribution in [0.3, 0.4) is 0 Å². The molecule has 4 aromatic rings. The molecule has 3 aromatic carbocycles. The van der Waals surface area contributed by atoms with Crippen molar-refractivity contribution in [3.8, 4) is 11.5 Å². The maximum Gasteiger partial charge on any atom is 0.261 e. The molecule has 0 radical (unpaired) electrons. The molecule has 11 heteroatoms. The van der Waals surface area contributed by atoms with Crippen LogP contribution in [0, 0.1) is 6.92 Å². The Labute approximate surface area is 242 Å². The fourth-order valence-electron chi connectivity index (χ4n) is 4.52. The minimum atomic E-state index is -4.04. The highest BCUT2D eigenvalue weighted by Crippen LogP contribution is 2.30. The average molecular weight is 598 g/mol. The largest absolute Gasteiger partial charge is 0.456 e. The Morgan fingerprint density at radius 1 is 0.975 bits per heavy atom. The van der Waals surface area contributed by atoms with Crippen LogP contribution in [-0.2, 0) is 29.4 Å². The smallest absolute Gasteiger partial charge is 0.261 e. The quantitative estimate of drug-likeness (QED) is 0.240. The molecule has 0 bridgehead atoms. The number of carbonyl (C=O) groups is 1. The van der Waals surface area contributed by atoms with E-state index in [0.717, 1.165) is 37.1 Å². The number of nitrogens with one attached hydrogen (secondary N) is 2. The topological polar surface area (TPSA) is 110 Å². The van der Waals surface area contributed by atoms with Crippen LogP contribution in [0.4, 0.5) is 5.69 Å². The highest BCUT2D eigenvalue weighted by atomic mass is 35.5. The van der Waals surface area contributed by atoms with E-state index in [-0.39, 0.29) is 27.7 Å². The lowest BCUT2D eigenvalue weighted by Gasteiger charge is -2.18. The number of halogens is 2. The van der Waals surface area contributed by atoms with Crippen LogP contribution in [-0.4, -0.2) is 24.3 Å². The van der Waals surface area contributed by atoms with E-state index in [1.807, 2.05) is 6.92 Å². The van der Waals surface area contributed by atoms with Crippen LogP contribution in [0.1, 0.15) is 46.0 Å². The highest BCUT2D eigenvalue weighted by Gasteiger charge is 2.21. The summed E-state index contributed by atoms with van der Waals surface area (Å²) < 4.78 is 34.6. The van der Waals surface area contributed by atoms with Crippen molar-refractivity contribution in [1.29, 1.82) is 0 Å². The van der Waals surface area contributed by atoms with Gasteiger partial charge in [-0.05, 0) is 92.8 Å². The first kappa shape index (κ1) is 27.9. The molecule has 40 heavy (non-hydrogen) atoms. The minimum Gasteiger partial charge on any atom is -0.456 e. The first-order valence-corrected chi connectivity index (χ1v) is 14.9. The molecule has 1 amide bonds. The number of aromatic nitrogens is 2. The molecule has 1 aliphatic carbocycles. The van der Waals surface area contributed by atoms with Gasteiger partial charge in [0.2, 0.25) is 0 Å². The van der Waals surface area contributed by atoms with E-state index in [0.29, 0.717) is 22.3 Å². The number of ether oxygens (including phenoxy) is 1. The normalized spacial score (nSPS) is 12.9. The van der Waals surface area contributed by atoms with Crippen molar-refractivity contribution in [2.24, 2.45) is 0 Å². The molecule has 2 N–H and O–H groups in total. The maximum absolute atomic E-state index is 13.2. The van der Waals surface area contributed by atoms with Crippen LogP contribution >= 0.6 is 23.2 Å². The summed E-state index contributed by atoms with van der Waals surface area (Å²) in [5.74, 6) is 0.862. The lowest BCUT2D eigenvalue weighted by atomic mass is 9.95. The van der Waals surface area contributed by atoms with E-state index < -0.39 is 15.9 Å². The fourth-order valence-corrected chi connectivity index (χ4v) is 5.94. The van der Waals surface area contributed by atoms with Crippen molar-refractivity contribution in [3.63, 3.8) is 0 Å². The molecule has 206 valence electrons. The average Bonchev–Trinajstić information content (AvgIpc) is 2.94. The Morgan fingerprint density at radius 2 is 1.73 bits per heavy atom. The Kier molecular flexibility index (Phi) is 8.25. The van der Waals surface area contributed by atoms with Gasteiger partial charge in [-0.25, -0.2) is 18.4 Å². The second-order valence-electron chi connectivity index (χ2n) is 9.34. The minimum absolute atomic E-state index is 0.0155. The van der Waals surface area contributed by atoms with E-state index in [2.05, 4.69) is 20.0 Å². The van der Waals surface area contributed by atoms with E-state index in [4.69, 9.17) is 27.9 Å². The second kappa shape index (κ2) is 11.8. The predicted octanol–water partition coefficient (Wildman–Crippen LogP) is 6.49. The number of rotatable bonds is 8. The Hall–Kier alpha value is -3.66. The number of sulfonamides is 1. The first-order valence-electron chi connectivity index (χ1n) is 12.7. The second-order valence-corrected chi connectivity index (χ2v) is 11.9. The zero-order valence-corrected chi connectivity index (χ0v) is 23.9. The molecule has 1 heterocycles. The third-order valence-corrected chi connectivity index (χ3v) is 8.44. The molecular weight excluding hydrogens is 571 g/mol. The van der Waals surface area contributed by atoms with E-state index in [1.165, 1.54) is 48.0 Å². The molecule has 8 nitrogen and oxygen atoms in total. The SMILES string of the molecule is Cc1nc(CNC(=O)c2cc(Cl)ccc2NS(=O)(=O)c2ccc(Oc3ccccc3Cl)cc2)nc2c1CCCC2. The van der Waals surface area contributed by atoms with Crippen LogP contribution in [0.15, 0.2) is 71.6 Å². The van der Waals surface area contributed by atoms with Gasteiger partial charge in [0, 0.05) is 16.4 Å². The first-order chi connectivity index (χ1) is 19.2.